The summed E-state index contributed by atoms with van der Waals surface area (Å²) in [6.45, 7) is 2.77. The summed E-state index contributed by atoms with van der Waals surface area (Å²) in [4.78, 5) is 25.0. The summed E-state index contributed by atoms with van der Waals surface area (Å²) in [6, 6.07) is 5.88. The Balaban J connectivity index is 1.51. The Hall–Kier alpha value is -1.79. The highest BCUT2D eigenvalue weighted by Crippen LogP contribution is 2.34. The molecule has 0 spiro atoms. The van der Waals surface area contributed by atoms with Gasteiger partial charge in [0.05, 0.1) is 24.6 Å². The number of aromatic nitrogens is 2. The van der Waals surface area contributed by atoms with Gasteiger partial charge in [-0.15, -0.1) is 11.3 Å². The van der Waals surface area contributed by atoms with Crippen molar-refractivity contribution in [2.24, 2.45) is 5.92 Å². The van der Waals surface area contributed by atoms with Crippen molar-refractivity contribution in [1.82, 2.24) is 14.9 Å². The third kappa shape index (κ3) is 3.01. The SMILES string of the molecule is O=C(C1CCc2nc(-c3ccccn3)sc2C1)N1CCOCC1. The lowest BCUT2D eigenvalue weighted by molar-refractivity contribution is -0.140. The minimum Gasteiger partial charge on any atom is -0.378 e. The minimum atomic E-state index is 0.0950. The highest BCUT2D eigenvalue weighted by molar-refractivity contribution is 7.15. The second-order valence-electron chi connectivity index (χ2n) is 5.98. The number of carbonyl (C=O) groups excluding carboxylic acids is 1. The number of hydrogen-bond donors (Lipinski definition) is 0. The Morgan fingerprint density at radius 3 is 2.96 bits per heavy atom. The lowest BCUT2D eigenvalue weighted by Crippen LogP contribution is -2.44. The van der Waals surface area contributed by atoms with Crippen molar-refractivity contribution in [3.8, 4) is 10.7 Å². The number of hydrogen-bond acceptors (Lipinski definition) is 5. The van der Waals surface area contributed by atoms with Crippen molar-refractivity contribution in [2.75, 3.05) is 26.3 Å². The van der Waals surface area contributed by atoms with E-state index in [9.17, 15) is 4.79 Å². The summed E-state index contributed by atoms with van der Waals surface area (Å²) >= 11 is 1.69. The van der Waals surface area contributed by atoms with E-state index in [1.807, 2.05) is 23.1 Å². The number of amides is 1. The Labute approximate surface area is 139 Å². The summed E-state index contributed by atoms with van der Waals surface area (Å²) in [5, 5.41) is 0.968. The van der Waals surface area contributed by atoms with Gasteiger partial charge in [0, 0.05) is 30.1 Å². The molecule has 120 valence electrons. The fourth-order valence-corrected chi connectivity index (χ4v) is 4.39. The van der Waals surface area contributed by atoms with Crippen molar-refractivity contribution < 1.29 is 9.53 Å². The van der Waals surface area contributed by atoms with E-state index in [0.29, 0.717) is 13.2 Å². The maximum Gasteiger partial charge on any atom is 0.226 e. The summed E-state index contributed by atoms with van der Waals surface area (Å²) in [7, 11) is 0. The van der Waals surface area contributed by atoms with E-state index in [1.54, 1.807) is 17.5 Å². The number of rotatable bonds is 2. The van der Waals surface area contributed by atoms with Crippen LogP contribution in [0.5, 0.6) is 0 Å². The monoisotopic (exact) mass is 329 g/mol. The topological polar surface area (TPSA) is 55.3 Å². The third-order valence-electron chi connectivity index (χ3n) is 4.50. The van der Waals surface area contributed by atoms with Crippen LogP contribution >= 0.6 is 11.3 Å². The number of ether oxygens (including phenoxy) is 1. The smallest absolute Gasteiger partial charge is 0.226 e. The molecule has 2 aromatic rings. The van der Waals surface area contributed by atoms with Gasteiger partial charge in [0.1, 0.15) is 5.01 Å². The predicted molar refractivity (Wildman–Crippen MR) is 88.3 cm³/mol. The second kappa shape index (κ2) is 6.37. The van der Waals surface area contributed by atoms with Crippen LogP contribution < -0.4 is 0 Å². The number of carbonyl (C=O) groups is 1. The number of morpholine rings is 1. The number of aryl methyl sites for hydroxylation is 1. The Bertz CT molecular complexity index is 695. The highest BCUT2D eigenvalue weighted by atomic mass is 32.1. The second-order valence-corrected chi connectivity index (χ2v) is 7.06. The first-order valence-corrected chi connectivity index (χ1v) is 8.89. The molecule has 1 aliphatic carbocycles. The lowest BCUT2D eigenvalue weighted by Gasteiger charge is -2.31. The molecule has 0 radical (unpaired) electrons. The van der Waals surface area contributed by atoms with Crippen LogP contribution in [0.3, 0.4) is 0 Å². The first-order valence-electron chi connectivity index (χ1n) is 8.08. The molecule has 23 heavy (non-hydrogen) atoms. The summed E-state index contributed by atoms with van der Waals surface area (Å²) in [6.07, 6.45) is 4.39. The first kappa shape index (κ1) is 14.8. The van der Waals surface area contributed by atoms with Crippen molar-refractivity contribution in [3.05, 3.63) is 35.0 Å². The fraction of sp³-hybridized carbons (Fsp3) is 0.471. The highest BCUT2D eigenvalue weighted by Gasteiger charge is 2.31. The van der Waals surface area contributed by atoms with Crippen LogP contribution in [0.1, 0.15) is 17.0 Å². The van der Waals surface area contributed by atoms with Crippen LogP contribution in [0.15, 0.2) is 24.4 Å². The summed E-state index contributed by atoms with van der Waals surface area (Å²) in [5.41, 5.74) is 2.07. The normalized spacial score (nSPS) is 21.0. The molecule has 0 aromatic carbocycles. The maximum atomic E-state index is 12.7. The van der Waals surface area contributed by atoms with E-state index in [0.717, 1.165) is 48.7 Å². The molecule has 1 amide bonds. The van der Waals surface area contributed by atoms with E-state index in [4.69, 9.17) is 9.72 Å². The Morgan fingerprint density at radius 2 is 2.17 bits per heavy atom. The molecule has 0 saturated carbocycles. The van der Waals surface area contributed by atoms with Gasteiger partial charge in [0.15, 0.2) is 0 Å². The van der Waals surface area contributed by atoms with Gasteiger partial charge in [0.2, 0.25) is 5.91 Å². The zero-order valence-corrected chi connectivity index (χ0v) is 13.7. The average molecular weight is 329 g/mol. The van der Waals surface area contributed by atoms with Crippen LogP contribution in [0.25, 0.3) is 10.7 Å². The molecule has 0 N–H and O–H groups in total. The summed E-state index contributed by atoms with van der Waals surface area (Å²) in [5.74, 6) is 0.379. The summed E-state index contributed by atoms with van der Waals surface area (Å²) < 4.78 is 5.34. The van der Waals surface area contributed by atoms with E-state index in [1.165, 1.54) is 4.88 Å². The molecule has 1 saturated heterocycles. The molecule has 2 aliphatic rings. The van der Waals surface area contributed by atoms with Crippen LogP contribution in [0.4, 0.5) is 0 Å². The minimum absolute atomic E-state index is 0.0950. The number of pyridine rings is 1. The Kier molecular flexibility index (Phi) is 4.10. The van der Waals surface area contributed by atoms with Crippen molar-refractivity contribution in [3.63, 3.8) is 0 Å². The van der Waals surface area contributed by atoms with Gasteiger partial charge in [-0.3, -0.25) is 9.78 Å². The van der Waals surface area contributed by atoms with Gasteiger partial charge in [-0.1, -0.05) is 6.07 Å². The van der Waals surface area contributed by atoms with Gasteiger partial charge < -0.3 is 9.64 Å². The van der Waals surface area contributed by atoms with Crippen LogP contribution in [0, 0.1) is 5.92 Å². The van der Waals surface area contributed by atoms with Crippen molar-refractivity contribution >= 4 is 17.2 Å². The molecule has 3 heterocycles. The fourth-order valence-electron chi connectivity index (χ4n) is 3.23. The molecule has 1 unspecified atom stereocenters. The maximum absolute atomic E-state index is 12.7. The van der Waals surface area contributed by atoms with Crippen molar-refractivity contribution in [1.29, 1.82) is 0 Å². The van der Waals surface area contributed by atoms with Gasteiger partial charge >= 0.3 is 0 Å². The van der Waals surface area contributed by atoms with E-state index < -0.39 is 0 Å². The van der Waals surface area contributed by atoms with E-state index in [-0.39, 0.29) is 11.8 Å². The molecule has 1 aliphatic heterocycles. The van der Waals surface area contributed by atoms with Crippen LogP contribution in [-0.4, -0.2) is 47.1 Å². The molecule has 0 bridgehead atoms. The third-order valence-corrected chi connectivity index (χ3v) is 5.64. The van der Waals surface area contributed by atoms with E-state index >= 15 is 0 Å². The molecule has 1 atom stereocenters. The Morgan fingerprint density at radius 1 is 1.30 bits per heavy atom. The van der Waals surface area contributed by atoms with Gasteiger partial charge in [-0.2, -0.15) is 0 Å². The standard InChI is InChI=1S/C17H19N3O2S/c21-17(20-7-9-22-10-8-20)12-4-5-13-15(11-12)23-16(19-13)14-3-1-2-6-18-14/h1-3,6,12H,4-5,7-11H2. The van der Waals surface area contributed by atoms with Crippen LogP contribution in [0.2, 0.25) is 0 Å². The first-order chi connectivity index (χ1) is 11.3. The van der Waals surface area contributed by atoms with Gasteiger partial charge in [-0.25, -0.2) is 4.98 Å². The molecular formula is C17H19N3O2S. The largest absolute Gasteiger partial charge is 0.378 e. The van der Waals surface area contributed by atoms with Crippen LogP contribution in [-0.2, 0) is 22.4 Å². The van der Waals surface area contributed by atoms with Gasteiger partial charge in [-0.05, 0) is 31.4 Å². The zero-order valence-electron chi connectivity index (χ0n) is 12.9. The average Bonchev–Trinajstić information content (AvgIpc) is 3.06. The predicted octanol–water partition coefficient (Wildman–Crippen LogP) is 2.17. The number of thiazole rings is 1. The van der Waals surface area contributed by atoms with Crippen molar-refractivity contribution in [2.45, 2.75) is 19.3 Å². The molecule has 2 aromatic heterocycles. The number of fused-ring (bicyclic) bond motifs is 1. The molecule has 6 heteroatoms. The quantitative estimate of drug-likeness (QED) is 0.847. The lowest BCUT2D eigenvalue weighted by atomic mass is 9.90. The number of nitrogens with zero attached hydrogens (tertiary/aromatic N) is 3. The molecule has 1 fully saturated rings. The molecular weight excluding hydrogens is 310 g/mol. The van der Waals surface area contributed by atoms with Gasteiger partial charge in [0.25, 0.3) is 0 Å². The molecule has 5 nitrogen and oxygen atoms in total. The zero-order chi connectivity index (χ0) is 15.6. The molecule has 4 rings (SSSR count). The van der Waals surface area contributed by atoms with E-state index in [2.05, 4.69) is 4.98 Å².